The Kier molecular flexibility index (Phi) is 9.37. The maximum atomic E-state index is 12.1. The SMILES string of the molecule is CCNC(=NCc1ccc(CN2CCCCC2)cc1)NCCNC(=O)c1ccc(O)cc1. The molecule has 172 valence electrons. The van der Waals surface area contributed by atoms with Gasteiger partial charge in [0.15, 0.2) is 5.96 Å². The van der Waals surface area contributed by atoms with Crippen molar-refractivity contribution in [3.05, 3.63) is 65.2 Å². The minimum Gasteiger partial charge on any atom is -0.508 e. The molecule has 7 heteroatoms. The number of hydrogen-bond donors (Lipinski definition) is 4. The lowest BCUT2D eigenvalue weighted by molar-refractivity contribution is 0.0954. The van der Waals surface area contributed by atoms with Gasteiger partial charge in [0.2, 0.25) is 0 Å². The van der Waals surface area contributed by atoms with E-state index < -0.39 is 0 Å². The number of aromatic hydroxyl groups is 1. The molecule has 0 spiro atoms. The molecule has 2 aromatic rings. The van der Waals surface area contributed by atoms with E-state index >= 15 is 0 Å². The number of piperidine rings is 1. The Morgan fingerprint density at radius 3 is 2.25 bits per heavy atom. The highest BCUT2D eigenvalue weighted by atomic mass is 16.3. The summed E-state index contributed by atoms with van der Waals surface area (Å²) in [5, 5.41) is 18.7. The second-order valence-electron chi connectivity index (χ2n) is 8.08. The van der Waals surface area contributed by atoms with Crippen LogP contribution in [0, 0.1) is 0 Å². The Morgan fingerprint density at radius 2 is 1.56 bits per heavy atom. The molecule has 7 nitrogen and oxygen atoms in total. The number of benzene rings is 2. The van der Waals surface area contributed by atoms with Gasteiger partial charge in [-0.2, -0.15) is 0 Å². The van der Waals surface area contributed by atoms with Crippen molar-refractivity contribution in [3.63, 3.8) is 0 Å². The topological polar surface area (TPSA) is 89.0 Å². The molecule has 1 aliphatic rings. The number of nitrogens with one attached hydrogen (secondary N) is 3. The molecule has 32 heavy (non-hydrogen) atoms. The van der Waals surface area contributed by atoms with Crippen molar-refractivity contribution >= 4 is 11.9 Å². The van der Waals surface area contributed by atoms with Crippen molar-refractivity contribution in [1.82, 2.24) is 20.9 Å². The number of nitrogens with zero attached hydrogens (tertiary/aromatic N) is 2. The van der Waals surface area contributed by atoms with Crippen LogP contribution in [-0.4, -0.2) is 54.6 Å². The monoisotopic (exact) mass is 437 g/mol. The third-order valence-electron chi connectivity index (χ3n) is 5.47. The summed E-state index contributed by atoms with van der Waals surface area (Å²) < 4.78 is 0. The molecule has 1 aliphatic heterocycles. The molecular formula is C25H35N5O2. The fraction of sp³-hybridized carbons (Fsp3) is 0.440. The normalized spacial score (nSPS) is 14.7. The number of amides is 1. The summed E-state index contributed by atoms with van der Waals surface area (Å²) in [6.07, 6.45) is 3.99. The minimum atomic E-state index is -0.168. The van der Waals surface area contributed by atoms with Crippen LogP contribution in [0.5, 0.6) is 5.75 Å². The number of carbonyl (C=O) groups excluding carboxylic acids is 1. The lowest BCUT2D eigenvalue weighted by Crippen LogP contribution is -2.41. The van der Waals surface area contributed by atoms with E-state index in [1.165, 1.54) is 55.6 Å². The summed E-state index contributed by atoms with van der Waals surface area (Å²) in [7, 11) is 0. The molecule has 0 atom stereocenters. The van der Waals surface area contributed by atoms with E-state index in [1.54, 1.807) is 12.1 Å². The Hall–Kier alpha value is -3.06. The van der Waals surface area contributed by atoms with Crippen molar-refractivity contribution in [3.8, 4) is 5.75 Å². The van der Waals surface area contributed by atoms with E-state index in [4.69, 9.17) is 0 Å². The number of phenols is 1. The molecule has 3 rings (SSSR count). The third kappa shape index (κ3) is 7.89. The second kappa shape index (κ2) is 12.7. The predicted molar refractivity (Wildman–Crippen MR) is 129 cm³/mol. The molecular weight excluding hydrogens is 402 g/mol. The van der Waals surface area contributed by atoms with Crippen molar-refractivity contribution < 1.29 is 9.90 Å². The number of rotatable bonds is 9. The summed E-state index contributed by atoms with van der Waals surface area (Å²) >= 11 is 0. The zero-order valence-electron chi connectivity index (χ0n) is 18.9. The molecule has 1 amide bonds. The molecule has 0 aliphatic carbocycles. The summed E-state index contributed by atoms with van der Waals surface area (Å²) in [4.78, 5) is 19.3. The Bertz CT molecular complexity index is 859. The van der Waals surface area contributed by atoms with Gasteiger partial charge in [0, 0.05) is 31.7 Å². The molecule has 2 aromatic carbocycles. The van der Waals surface area contributed by atoms with Crippen LogP contribution in [-0.2, 0) is 13.1 Å². The van der Waals surface area contributed by atoms with E-state index in [0.29, 0.717) is 25.2 Å². The van der Waals surface area contributed by atoms with Crippen LogP contribution in [0.25, 0.3) is 0 Å². The fourth-order valence-electron chi connectivity index (χ4n) is 3.71. The van der Waals surface area contributed by atoms with Gasteiger partial charge in [-0.25, -0.2) is 4.99 Å². The highest BCUT2D eigenvalue weighted by molar-refractivity contribution is 5.94. The summed E-state index contributed by atoms with van der Waals surface area (Å²) in [5.74, 6) is 0.702. The number of phenolic OH excluding ortho intramolecular Hbond substituents is 1. The Morgan fingerprint density at radius 1 is 0.906 bits per heavy atom. The first-order valence-electron chi connectivity index (χ1n) is 11.5. The fourth-order valence-corrected chi connectivity index (χ4v) is 3.71. The van der Waals surface area contributed by atoms with Gasteiger partial charge in [0.05, 0.1) is 6.54 Å². The summed E-state index contributed by atoms with van der Waals surface area (Å²) in [5.41, 5.74) is 3.05. The van der Waals surface area contributed by atoms with Gasteiger partial charge in [0.1, 0.15) is 5.75 Å². The second-order valence-corrected chi connectivity index (χ2v) is 8.08. The number of aliphatic imine (C=N–C) groups is 1. The summed E-state index contributed by atoms with van der Waals surface area (Å²) in [6.45, 7) is 7.86. The van der Waals surface area contributed by atoms with E-state index in [1.807, 2.05) is 6.92 Å². The first-order valence-corrected chi connectivity index (χ1v) is 11.5. The van der Waals surface area contributed by atoms with E-state index in [0.717, 1.165) is 19.0 Å². The van der Waals surface area contributed by atoms with Crippen LogP contribution < -0.4 is 16.0 Å². The molecule has 0 saturated carbocycles. The molecule has 1 saturated heterocycles. The van der Waals surface area contributed by atoms with Crippen LogP contribution in [0.15, 0.2) is 53.5 Å². The smallest absolute Gasteiger partial charge is 0.251 e. The molecule has 0 unspecified atom stereocenters. The van der Waals surface area contributed by atoms with Crippen molar-refractivity contribution in [2.24, 2.45) is 4.99 Å². The lowest BCUT2D eigenvalue weighted by Gasteiger charge is -2.26. The van der Waals surface area contributed by atoms with E-state index in [2.05, 4.69) is 50.1 Å². The van der Waals surface area contributed by atoms with Gasteiger partial charge in [-0.1, -0.05) is 30.7 Å². The van der Waals surface area contributed by atoms with Crippen molar-refractivity contribution in [2.45, 2.75) is 39.3 Å². The Balaban J connectivity index is 1.42. The quantitative estimate of drug-likeness (QED) is 0.275. The first-order chi connectivity index (χ1) is 15.6. The maximum absolute atomic E-state index is 12.1. The zero-order chi connectivity index (χ0) is 22.6. The van der Waals surface area contributed by atoms with Crippen LogP contribution in [0.3, 0.4) is 0 Å². The van der Waals surface area contributed by atoms with Gasteiger partial charge in [-0.15, -0.1) is 0 Å². The number of carbonyl (C=O) groups is 1. The van der Waals surface area contributed by atoms with Gasteiger partial charge < -0.3 is 21.1 Å². The van der Waals surface area contributed by atoms with E-state index in [9.17, 15) is 9.90 Å². The van der Waals surface area contributed by atoms with Crippen LogP contribution in [0.2, 0.25) is 0 Å². The molecule has 1 heterocycles. The van der Waals surface area contributed by atoms with Crippen LogP contribution >= 0.6 is 0 Å². The highest BCUT2D eigenvalue weighted by Gasteiger charge is 2.10. The summed E-state index contributed by atoms with van der Waals surface area (Å²) in [6, 6.07) is 14.9. The van der Waals surface area contributed by atoms with Gasteiger partial charge >= 0.3 is 0 Å². The van der Waals surface area contributed by atoms with E-state index in [-0.39, 0.29) is 11.7 Å². The number of hydrogen-bond acceptors (Lipinski definition) is 4. The first kappa shape index (κ1) is 23.6. The number of guanidine groups is 1. The number of likely N-dealkylation sites (tertiary alicyclic amines) is 1. The minimum absolute atomic E-state index is 0.145. The standard InChI is InChI=1S/C25H35N5O2/c1-2-26-25(28-15-14-27-24(32)22-10-12-23(31)13-11-22)29-18-20-6-8-21(9-7-20)19-30-16-4-3-5-17-30/h6-13,31H,2-5,14-19H2,1H3,(H,27,32)(H2,26,28,29). The molecule has 0 bridgehead atoms. The van der Waals surface area contributed by atoms with Crippen molar-refractivity contribution in [1.29, 1.82) is 0 Å². The molecule has 1 fully saturated rings. The van der Waals surface area contributed by atoms with Gasteiger partial charge in [-0.05, 0) is 68.2 Å². The predicted octanol–water partition coefficient (Wildman–Crippen LogP) is 2.86. The zero-order valence-corrected chi connectivity index (χ0v) is 18.9. The molecule has 0 radical (unpaired) electrons. The largest absolute Gasteiger partial charge is 0.508 e. The average molecular weight is 438 g/mol. The highest BCUT2D eigenvalue weighted by Crippen LogP contribution is 2.14. The molecule has 4 N–H and O–H groups in total. The average Bonchev–Trinajstić information content (AvgIpc) is 2.82. The maximum Gasteiger partial charge on any atom is 0.251 e. The lowest BCUT2D eigenvalue weighted by atomic mass is 10.1. The molecule has 0 aromatic heterocycles. The van der Waals surface area contributed by atoms with Crippen molar-refractivity contribution in [2.75, 3.05) is 32.7 Å². The van der Waals surface area contributed by atoms with Gasteiger partial charge in [0.25, 0.3) is 5.91 Å². The third-order valence-corrected chi connectivity index (χ3v) is 5.47. The Labute approximate surface area is 190 Å². The van der Waals surface area contributed by atoms with Gasteiger partial charge in [-0.3, -0.25) is 9.69 Å². The van der Waals surface area contributed by atoms with Crippen LogP contribution in [0.4, 0.5) is 0 Å². The van der Waals surface area contributed by atoms with Crippen LogP contribution in [0.1, 0.15) is 47.7 Å².